The molecule has 6 aromatic carbocycles. The third kappa shape index (κ3) is 25.1. The summed E-state index contributed by atoms with van der Waals surface area (Å²) in [5.74, 6) is -4.87. The number of carbonyl (C=O) groups is 6. The van der Waals surface area contributed by atoms with E-state index in [1.807, 2.05) is 159 Å². The molecule has 12 heterocycles. The summed E-state index contributed by atoms with van der Waals surface area (Å²) < 4.78 is 7.53. The molecule has 0 saturated heterocycles. The second kappa shape index (κ2) is 44.0. The predicted molar refractivity (Wildman–Crippen MR) is 537 cm³/mol. The van der Waals surface area contributed by atoms with Crippen molar-refractivity contribution in [3.05, 3.63) is 487 Å². The van der Waals surface area contributed by atoms with E-state index < -0.39 is 41.2 Å². The zero-order valence-corrected chi connectivity index (χ0v) is 79.9. The van der Waals surface area contributed by atoms with Crippen LogP contribution >= 0.6 is 11.6 Å². The molecule has 1 aliphatic rings. The third-order valence-electron chi connectivity index (χ3n) is 23.5. The largest absolute Gasteiger partial charge is 0.478 e. The van der Waals surface area contributed by atoms with Gasteiger partial charge in [-0.25, -0.2) is 86.8 Å². The van der Waals surface area contributed by atoms with Crippen LogP contribution < -0.4 is 33.4 Å². The van der Waals surface area contributed by atoms with Crippen molar-refractivity contribution in [2.45, 2.75) is 112 Å². The first-order valence-corrected chi connectivity index (χ1v) is 45.2. The predicted octanol–water partition coefficient (Wildman–Crippen LogP) is 15.1. The van der Waals surface area contributed by atoms with Crippen molar-refractivity contribution < 1.29 is 59.4 Å². The Morgan fingerprint density at radius 3 is 1.00 bits per heavy atom. The molecule has 12 aromatic heterocycles. The highest BCUT2D eigenvalue weighted by Gasteiger charge is 2.48. The van der Waals surface area contributed by atoms with Crippen LogP contribution in [0.3, 0.4) is 0 Å². The number of aromatic carboxylic acids is 6. The standard InChI is InChI=1S/C19H17N3O3.C19H19N3O3.C18H17N3O3.C17H14ClN3O3.2C17H15N3O3/c1-12-2-4-14(5-3-12)19(7-8-19)15-11-17(23)22(21-15)16-10-13(18(24)25)6-9-20-16;1-12-4-6-14(7-5-12)19(2,3)15-11-17(23)22(21-15)16-10-13(18(24)25)8-9-20-16;1-11-3-4-13(12(2)7-11)8-15-10-17(22)21(20-15)16-9-14(18(23)24)5-6-19-16;1-10-4-11(6-13(18)5-10)7-14-9-16(22)21(20-14)15-8-12(17(23)24)2-3-19-15;1-11-2-4-12(5-3-11)8-14-10-16(21)20(19-14)15-9-13(17(22)23)6-7-18-15;1-11-3-2-4-12(7-11)8-14-10-16(21)20(19-14)15-9-13(17(22)23)5-6-18-15/h2-6,9-11,21H,7-8H2,1H3,(H,24,25);4-11,21H,1-3H3,(H,24,25);3-7,9-10,20H,8H2,1-2H3,(H,23,24);2-6,8-9,20H,7H2,1H3,(H,23,24);2*2-7,9-10,19H,8H2,1H3,(H,22,23). The van der Waals surface area contributed by atoms with E-state index in [-0.39, 0.29) is 107 Å². The number of aromatic amines is 6. The number of halogens is 1. The summed E-state index contributed by atoms with van der Waals surface area (Å²) >= 11 is 6.05. The number of carboxylic acid groups (broad SMARTS) is 6. The summed E-state index contributed by atoms with van der Waals surface area (Å²) in [6.07, 6.45) is 12.4. The average molecular weight is 1960 g/mol. The molecule has 1 fully saturated rings. The van der Waals surface area contributed by atoms with Crippen LogP contribution in [0.25, 0.3) is 34.9 Å². The molecule has 0 radical (unpaired) electrons. The lowest BCUT2D eigenvalue weighted by Gasteiger charge is -2.24. The van der Waals surface area contributed by atoms with E-state index >= 15 is 0 Å². The quantitative estimate of drug-likeness (QED) is 0.0267. The summed E-state index contributed by atoms with van der Waals surface area (Å²) in [6, 6.07) is 70.0. The molecule has 19 rings (SSSR count). The number of nitrogens with one attached hydrogen (secondary N) is 6. The average Bonchev–Trinajstić information content (AvgIpc) is 1.57. The number of rotatable bonds is 24. The van der Waals surface area contributed by atoms with E-state index in [1.165, 1.54) is 196 Å². The Hall–Kier alpha value is -18.6. The van der Waals surface area contributed by atoms with E-state index in [4.69, 9.17) is 42.2 Å². The molecule has 0 aliphatic heterocycles. The lowest BCUT2D eigenvalue weighted by molar-refractivity contribution is 0.0686. The molecule has 12 N–H and O–H groups in total. The molecule has 18 aromatic rings. The topological polar surface area (TPSA) is 528 Å². The highest BCUT2D eigenvalue weighted by Crippen LogP contribution is 2.52. The van der Waals surface area contributed by atoms with E-state index in [1.54, 1.807) is 6.07 Å². The molecule has 0 bridgehead atoms. The van der Waals surface area contributed by atoms with Crippen molar-refractivity contribution in [1.82, 2.24) is 88.6 Å². The highest BCUT2D eigenvalue weighted by molar-refractivity contribution is 6.30. The van der Waals surface area contributed by atoms with Crippen LogP contribution in [-0.4, -0.2) is 155 Å². The Bertz CT molecular complexity index is 8070. The lowest BCUT2D eigenvalue weighted by atomic mass is 9.81. The first-order chi connectivity index (χ1) is 68.7. The molecular weight excluding hydrogens is 1860 g/mol. The summed E-state index contributed by atoms with van der Waals surface area (Å²) in [6.45, 7) is 18.2. The van der Waals surface area contributed by atoms with Gasteiger partial charge in [0.1, 0.15) is 0 Å². The van der Waals surface area contributed by atoms with Gasteiger partial charge in [-0.2, -0.15) is 0 Å². The first-order valence-electron chi connectivity index (χ1n) is 44.8. The van der Waals surface area contributed by atoms with Crippen LogP contribution in [0.1, 0.15) is 195 Å². The second-order valence-corrected chi connectivity index (χ2v) is 35.4. The van der Waals surface area contributed by atoms with E-state index in [2.05, 4.69) is 96.9 Å². The molecule has 0 amide bonds. The molecule has 1 aliphatic carbocycles. The maximum atomic E-state index is 12.4. The fourth-order valence-electron chi connectivity index (χ4n) is 15.7. The van der Waals surface area contributed by atoms with Gasteiger partial charge < -0.3 is 30.6 Å². The zero-order chi connectivity index (χ0) is 103. The number of benzene rings is 6. The van der Waals surface area contributed by atoms with Gasteiger partial charge in [0.2, 0.25) is 0 Å². The van der Waals surface area contributed by atoms with Crippen molar-refractivity contribution in [2.75, 3.05) is 0 Å². The number of H-pyrrole nitrogens is 6. The van der Waals surface area contributed by atoms with Gasteiger partial charge in [-0.3, -0.25) is 59.4 Å². The fraction of sp³-hybridized carbons (Fsp3) is 0.159. The number of aromatic nitrogens is 18. The van der Waals surface area contributed by atoms with Crippen molar-refractivity contribution in [1.29, 1.82) is 0 Å². The molecule has 0 atom stereocenters. The number of hydrogen-bond acceptors (Lipinski definition) is 18. The third-order valence-corrected chi connectivity index (χ3v) is 23.8. The highest BCUT2D eigenvalue weighted by atomic mass is 35.5. The van der Waals surface area contributed by atoms with Crippen LogP contribution in [0, 0.1) is 48.5 Å². The Morgan fingerprint density at radius 1 is 0.312 bits per heavy atom. The fourth-order valence-corrected chi connectivity index (χ4v) is 16.1. The Morgan fingerprint density at radius 2 is 0.632 bits per heavy atom. The Balaban J connectivity index is 0.000000137. The Labute approximate surface area is 824 Å². The summed E-state index contributed by atoms with van der Waals surface area (Å²) in [5, 5.41) is 73.1. The van der Waals surface area contributed by atoms with E-state index in [0.717, 1.165) is 85.8 Å². The number of aryl methyl sites for hydroxylation is 7. The molecule has 36 nitrogen and oxygen atoms in total. The van der Waals surface area contributed by atoms with Gasteiger partial charge in [-0.05, 0) is 191 Å². The minimum Gasteiger partial charge on any atom is -0.478 e. The first kappa shape index (κ1) is 101. The number of pyridine rings is 6. The Kier molecular flexibility index (Phi) is 31.0. The molecule has 144 heavy (non-hydrogen) atoms. The minimum absolute atomic E-state index is 0.0634. The lowest BCUT2D eigenvalue weighted by Crippen LogP contribution is -2.20. The smallest absolute Gasteiger partial charge is 0.335 e. The zero-order valence-electron chi connectivity index (χ0n) is 79.1. The van der Waals surface area contributed by atoms with Crippen LogP contribution in [-0.2, 0) is 36.5 Å². The SMILES string of the molecule is Cc1cc(Cl)cc(Cc2cc(=O)n(-c3cc(C(=O)O)ccn3)[nH]2)c1.Cc1ccc(C(C)(C)c2cc(=O)n(-c3cc(C(=O)O)ccn3)[nH]2)cc1.Cc1ccc(C2(c3cc(=O)n(-c4cc(C(=O)O)ccn4)[nH]3)CC2)cc1.Cc1ccc(Cc2cc(=O)n(-c3cc(C(=O)O)ccn3)[nH]2)c(C)c1.Cc1ccc(Cc2cc(=O)n(-c3cc(C(=O)O)ccn3)[nH]2)cc1.Cc1cccc(Cc2cc(=O)n(-c3cc(C(=O)O)ccn3)[nH]2)c1. The van der Waals surface area contributed by atoms with Crippen molar-refractivity contribution >= 4 is 47.4 Å². The van der Waals surface area contributed by atoms with Crippen LogP contribution in [0.15, 0.2) is 309 Å². The number of hydrogen-bond donors (Lipinski definition) is 12. The van der Waals surface area contributed by atoms with Gasteiger partial charge in [-0.1, -0.05) is 175 Å². The van der Waals surface area contributed by atoms with Gasteiger partial charge in [-0.15, -0.1) is 0 Å². The summed E-state index contributed by atoms with van der Waals surface area (Å²) in [5.41, 5.74) is 17.3. The maximum Gasteiger partial charge on any atom is 0.335 e. The maximum absolute atomic E-state index is 12.4. The van der Waals surface area contributed by atoms with E-state index in [9.17, 15) is 57.5 Å². The van der Waals surface area contributed by atoms with Crippen LogP contribution in [0.4, 0.5) is 0 Å². The van der Waals surface area contributed by atoms with Gasteiger partial charge in [0, 0.05) is 149 Å². The summed E-state index contributed by atoms with van der Waals surface area (Å²) in [4.78, 5) is 164. The van der Waals surface area contributed by atoms with Crippen molar-refractivity contribution in [3.63, 3.8) is 0 Å². The van der Waals surface area contributed by atoms with Gasteiger partial charge in [0.05, 0.1) is 33.4 Å². The summed E-state index contributed by atoms with van der Waals surface area (Å²) in [7, 11) is 0. The van der Waals surface area contributed by atoms with Gasteiger partial charge in [0.25, 0.3) is 33.4 Å². The van der Waals surface area contributed by atoms with Crippen molar-refractivity contribution in [2.24, 2.45) is 0 Å². The monoisotopic (exact) mass is 1960 g/mol. The molecular formula is C107H97ClN18O18. The number of carboxylic acids is 6. The normalized spacial score (nSPS) is 11.6. The van der Waals surface area contributed by atoms with E-state index in [0.29, 0.717) is 36.4 Å². The molecule has 1 saturated carbocycles. The van der Waals surface area contributed by atoms with Crippen LogP contribution in [0.2, 0.25) is 5.02 Å². The van der Waals surface area contributed by atoms with Crippen LogP contribution in [0.5, 0.6) is 0 Å². The van der Waals surface area contributed by atoms with Gasteiger partial charge in [0.15, 0.2) is 34.9 Å². The molecule has 0 spiro atoms. The molecule has 37 heteroatoms. The minimum atomic E-state index is -1.08. The second-order valence-electron chi connectivity index (χ2n) is 34.9. The molecule has 730 valence electrons. The van der Waals surface area contributed by atoms with Crippen molar-refractivity contribution in [3.8, 4) is 34.9 Å². The molecule has 0 unspecified atom stereocenters. The number of nitrogens with zero attached hydrogens (tertiary/aromatic N) is 12. The van der Waals surface area contributed by atoms with Gasteiger partial charge >= 0.3 is 35.8 Å².